The first kappa shape index (κ1) is 15.8. The van der Waals surface area contributed by atoms with Crippen LogP contribution in [0, 0.1) is 11.8 Å². The van der Waals surface area contributed by atoms with Crippen molar-refractivity contribution in [3.05, 3.63) is 33.3 Å². The van der Waals surface area contributed by atoms with Crippen molar-refractivity contribution >= 4 is 33.4 Å². The number of carbonyl (C=O) groups excluding carboxylic acids is 1. The lowest BCUT2D eigenvalue weighted by Gasteiger charge is -2.27. The molecule has 0 spiro atoms. The Morgan fingerprint density at radius 2 is 1.95 bits per heavy atom. The second kappa shape index (κ2) is 7.46. The minimum absolute atomic E-state index is 0.0305. The van der Waals surface area contributed by atoms with E-state index >= 15 is 0 Å². The number of hydrogen-bond acceptors (Lipinski definition) is 1. The summed E-state index contributed by atoms with van der Waals surface area (Å²) in [6.07, 6.45) is 6.37. The molecule has 0 heterocycles. The number of hydrogen-bond donors (Lipinski definition) is 1. The summed E-state index contributed by atoms with van der Waals surface area (Å²) >= 11 is 9.34. The number of amides is 1. The van der Waals surface area contributed by atoms with Gasteiger partial charge in [0.2, 0.25) is 0 Å². The minimum Gasteiger partial charge on any atom is -0.352 e. The Balaban J connectivity index is 1.82. The quantitative estimate of drug-likeness (QED) is 0.802. The fourth-order valence-electron chi connectivity index (χ4n) is 2.82. The zero-order valence-corrected chi connectivity index (χ0v) is 14.1. The van der Waals surface area contributed by atoms with Crippen molar-refractivity contribution in [2.45, 2.75) is 39.0 Å². The molecular formula is C16H21BrClNO. The maximum absolute atomic E-state index is 12.1. The highest BCUT2D eigenvalue weighted by atomic mass is 79.9. The van der Waals surface area contributed by atoms with Gasteiger partial charge in [0.1, 0.15) is 0 Å². The van der Waals surface area contributed by atoms with Crippen LogP contribution in [0.15, 0.2) is 22.7 Å². The summed E-state index contributed by atoms with van der Waals surface area (Å²) in [5.41, 5.74) is 0.625. The number of carbonyl (C=O) groups is 1. The Morgan fingerprint density at radius 1 is 1.30 bits per heavy atom. The third-order valence-corrected chi connectivity index (χ3v) is 5.51. The van der Waals surface area contributed by atoms with Gasteiger partial charge < -0.3 is 5.32 Å². The van der Waals surface area contributed by atoms with Gasteiger partial charge in [-0.15, -0.1) is 0 Å². The normalized spacial score (nSPS) is 22.6. The molecule has 4 heteroatoms. The van der Waals surface area contributed by atoms with E-state index in [0.29, 0.717) is 16.5 Å². The molecule has 0 aromatic heterocycles. The molecule has 0 aliphatic heterocycles. The molecule has 0 bridgehead atoms. The van der Waals surface area contributed by atoms with E-state index in [9.17, 15) is 4.79 Å². The van der Waals surface area contributed by atoms with Gasteiger partial charge >= 0.3 is 0 Å². The molecule has 1 amide bonds. The Kier molecular flexibility index (Phi) is 5.91. The van der Waals surface area contributed by atoms with E-state index < -0.39 is 0 Å². The molecule has 20 heavy (non-hydrogen) atoms. The molecule has 1 fully saturated rings. The van der Waals surface area contributed by atoms with Crippen LogP contribution in [0.1, 0.15) is 49.4 Å². The fourth-order valence-corrected chi connectivity index (χ4v) is 3.25. The van der Waals surface area contributed by atoms with Crippen molar-refractivity contribution in [3.8, 4) is 0 Å². The number of benzene rings is 1. The average molecular weight is 359 g/mol. The Bertz CT molecular complexity index is 470. The van der Waals surface area contributed by atoms with Crippen LogP contribution < -0.4 is 5.32 Å². The van der Waals surface area contributed by atoms with Gasteiger partial charge in [0.05, 0.1) is 5.02 Å². The SMILES string of the molecule is CCC1CCC(CNC(=O)c2ccc(Br)c(Cl)c2)CC1. The van der Waals surface area contributed by atoms with Crippen LogP contribution in [0.25, 0.3) is 0 Å². The van der Waals surface area contributed by atoms with Crippen LogP contribution in [0.2, 0.25) is 5.02 Å². The Morgan fingerprint density at radius 3 is 2.55 bits per heavy atom. The van der Waals surface area contributed by atoms with Crippen LogP contribution in [0.4, 0.5) is 0 Å². The summed E-state index contributed by atoms with van der Waals surface area (Å²) in [5.74, 6) is 1.50. The van der Waals surface area contributed by atoms with Gasteiger partial charge in [0.15, 0.2) is 0 Å². The van der Waals surface area contributed by atoms with E-state index in [-0.39, 0.29) is 5.91 Å². The lowest BCUT2D eigenvalue weighted by molar-refractivity contribution is 0.0941. The molecule has 1 aromatic carbocycles. The summed E-state index contributed by atoms with van der Waals surface area (Å²) in [7, 11) is 0. The lowest BCUT2D eigenvalue weighted by Crippen LogP contribution is -2.31. The summed E-state index contributed by atoms with van der Waals surface area (Å²) in [6.45, 7) is 3.05. The second-order valence-electron chi connectivity index (χ2n) is 5.63. The van der Waals surface area contributed by atoms with Crippen molar-refractivity contribution in [2.75, 3.05) is 6.54 Å². The molecular weight excluding hydrogens is 338 g/mol. The first-order valence-electron chi connectivity index (χ1n) is 7.33. The molecule has 110 valence electrons. The minimum atomic E-state index is -0.0305. The Labute approximate surface area is 134 Å². The average Bonchev–Trinajstić information content (AvgIpc) is 2.48. The monoisotopic (exact) mass is 357 g/mol. The van der Waals surface area contributed by atoms with Crippen LogP contribution >= 0.6 is 27.5 Å². The number of rotatable bonds is 4. The zero-order chi connectivity index (χ0) is 14.5. The highest BCUT2D eigenvalue weighted by molar-refractivity contribution is 9.10. The van der Waals surface area contributed by atoms with Gasteiger partial charge in [-0.25, -0.2) is 0 Å². The predicted molar refractivity (Wildman–Crippen MR) is 87.2 cm³/mol. The first-order valence-corrected chi connectivity index (χ1v) is 8.50. The Hall–Kier alpha value is -0.540. The van der Waals surface area contributed by atoms with Gasteiger partial charge in [0.25, 0.3) is 5.91 Å². The van der Waals surface area contributed by atoms with Gasteiger partial charge in [-0.1, -0.05) is 37.8 Å². The molecule has 1 saturated carbocycles. The molecule has 2 nitrogen and oxygen atoms in total. The predicted octanol–water partition coefficient (Wildman–Crippen LogP) is 5.05. The van der Waals surface area contributed by atoms with Crippen LogP contribution in [-0.2, 0) is 0 Å². The van der Waals surface area contributed by atoms with E-state index in [0.717, 1.165) is 16.9 Å². The molecule has 1 aromatic rings. The summed E-state index contributed by atoms with van der Waals surface area (Å²) in [6, 6.07) is 5.30. The van der Waals surface area contributed by atoms with Crippen molar-refractivity contribution in [2.24, 2.45) is 11.8 Å². The van der Waals surface area contributed by atoms with Crippen molar-refractivity contribution in [3.63, 3.8) is 0 Å². The highest BCUT2D eigenvalue weighted by Gasteiger charge is 2.20. The number of nitrogens with one attached hydrogen (secondary N) is 1. The molecule has 2 rings (SSSR count). The molecule has 0 radical (unpaired) electrons. The maximum Gasteiger partial charge on any atom is 0.251 e. The van der Waals surface area contributed by atoms with Crippen LogP contribution in [0.3, 0.4) is 0 Å². The van der Waals surface area contributed by atoms with E-state index in [1.807, 2.05) is 6.07 Å². The van der Waals surface area contributed by atoms with Crippen molar-refractivity contribution in [1.29, 1.82) is 0 Å². The molecule has 1 N–H and O–H groups in total. The van der Waals surface area contributed by atoms with Gasteiger partial charge in [-0.05, 0) is 58.8 Å². The summed E-state index contributed by atoms with van der Waals surface area (Å²) in [4.78, 5) is 12.1. The second-order valence-corrected chi connectivity index (χ2v) is 6.90. The topological polar surface area (TPSA) is 29.1 Å². The van der Waals surface area contributed by atoms with E-state index in [1.54, 1.807) is 12.1 Å². The molecule has 0 saturated heterocycles. The molecule has 1 aliphatic rings. The van der Waals surface area contributed by atoms with Gasteiger partial charge in [-0.3, -0.25) is 4.79 Å². The van der Waals surface area contributed by atoms with Crippen LogP contribution in [0.5, 0.6) is 0 Å². The van der Waals surface area contributed by atoms with Crippen molar-refractivity contribution < 1.29 is 4.79 Å². The maximum atomic E-state index is 12.1. The fraction of sp³-hybridized carbons (Fsp3) is 0.562. The van der Waals surface area contributed by atoms with Gasteiger partial charge in [-0.2, -0.15) is 0 Å². The third-order valence-electron chi connectivity index (χ3n) is 4.28. The smallest absolute Gasteiger partial charge is 0.251 e. The first-order chi connectivity index (χ1) is 9.60. The van der Waals surface area contributed by atoms with E-state index in [1.165, 1.54) is 32.1 Å². The molecule has 0 atom stereocenters. The summed E-state index contributed by atoms with van der Waals surface area (Å²) < 4.78 is 0.814. The van der Waals surface area contributed by atoms with Crippen LogP contribution in [-0.4, -0.2) is 12.5 Å². The van der Waals surface area contributed by atoms with E-state index in [2.05, 4.69) is 28.2 Å². The molecule has 1 aliphatic carbocycles. The largest absolute Gasteiger partial charge is 0.352 e. The highest BCUT2D eigenvalue weighted by Crippen LogP contribution is 2.30. The van der Waals surface area contributed by atoms with Crippen molar-refractivity contribution in [1.82, 2.24) is 5.32 Å². The van der Waals surface area contributed by atoms with E-state index in [4.69, 9.17) is 11.6 Å². The molecule has 0 unspecified atom stereocenters. The zero-order valence-electron chi connectivity index (χ0n) is 11.8. The lowest BCUT2D eigenvalue weighted by atomic mass is 9.81. The third kappa shape index (κ3) is 4.23. The van der Waals surface area contributed by atoms with Gasteiger partial charge in [0, 0.05) is 16.6 Å². The standard InChI is InChI=1S/C16H21BrClNO/c1-2-11-3-5-12(6-4-11)10-19-16(20)13-7-8-14(17)15(18)9-13/h7-9,11-12H,2-6,10H2,1H3,(H,19,20). The summed E-state index contributed by atoms with van der Waals surface area (Å²) in [5, 5.41) is 3.61. The number of halogens is 2.